The first kappa shape index (κ1) is 25.5. The molecule has 198 valence electrons. The van der Waals surface area contributed by atoms with Crippen molar-refractivity contribution in [1.82, 2.24) is 24.8 Å². The van der Waals surface area contributed by atoms with E-state index in [1.54, 1.807) is 13.2 Å². The van der Waals surface area contributed by atoms with E-state index in [1.807, 2.05) is 19.2 Å². The Hall–Kier alpha value is -3.17. The minimum Gasteiger partial charge on any atom is -0.494 e. The first-order valence-corrected chi connectivity index (χ1v) is 13.3. The Labute approximate surface area is 218 Å². The van der Waals surface area contributed by atoms with Crippen LogP contribution in [0.5, 0.6) is 5.75 Å². The van der Waals surface area contributed by atoms with E-state index >= 15 is 0 Å². The average molecular weight is 507 g/mol. The van der Waals surface area contributed by atoms with Gasteiger partial charge in [-0.2, -0.15) is 0 Å². The fourth-order valence-electron chi connectivity index (χ4n) is 5.68. The van der Waals surface area contributed by atoms with Gasteiger partial charge in [-0.05, 0) is 64.9 Å². The number of carbonyl (C=O) groups is 1. The molecule has 2 aromatic heterocycles. The molecular formula is C28H38N6O3. The van der Waals surface area contributed by atoms with E-state index in [-0.39, 0.29) is 12.0 Å². The fraction of sp³-hybridized carbons (Fsp3) is 0.536. The van der Waals surface area contributed by atoms with Crippen molar-refractivity contribution in [2.75, 3.05) is 45.3 Å². The minimum atomic E-state index is -0.143. The number of methoxy groups -OCH3 is 1. The molecule has 2 aliphatic heterocycles. The van der Waals surface area contributed by atoms with Crippen LogP contribution < -0.4 is 15.0 Å². The molecule has 9 nitrogen and oxygen atoms in total. The number of likely N-dealkylation sites (N-methyl/N-ethyl adjacent to an activating group) is 1. The maximum Gasteiger partial charge on any atom is 0.251 e. The SMILES string of the molecule is CCNC(=O)c1cc(OC)c2c(c1)nc(-c1ccc(N3[C@@H](C)CC[C@@H]3C)nc1)n2C[C@@H]1CN(C)CCO1. The van der Waals surface area contributed by atoms with Gasteiger partial charge in [0.2, 0.25) is 0 Å². The van der Waals surface area contributed by atoms with Gasteiger partial charge in [-0.1, -0.05) is 0 Å². The van der Waals surface area contributed by atoms with E-state index in [0.29, 0.717) is 48.6 Å². The number of benzene rings is 1. The first-order valence-electron chi connectivity index (χ1n) is 13.3. The van der Waals surface area contributed by atoms with Gasteiger partial charge in [0.15, 0.2) is 0 Å². The van der Waals surface area contributed by atoms with Crippen molar-refractivity contribution < 1.29 is 14.3 Å². The lowest BCUT2D eigenvalue weighted by Gasteiger charge is -2.31. The summed E-state index contributed by atoms with van der Waals surface area (Å²) in [4.78, 5) is 27.2. The van der Waals surface area contributed by atoms with E-state index in [0.717, 1.165) is 35.8 Å². The number of morpholine rings is 1. The Morgan fingerprint density at radius 3 is 2.65 bits per heavy atom. The number of pyridine rings is 1. The zero-order valence-electron chi connectivity index (χ0n) is 22.5. The molecule has 2 fully saturated rings. The molecule has 3 atom stereocenters. The quantitative estimate of drug-likeness (QED) is 0.524. The molecule has 0 unspecified atom stereocenters. The molecule has 0 aliphatic carbocycles. The summed E-state index contributed by atoms with van der Waals surface area (Å²) in [7, 11) is 3.75. The molecule has 0 saturated carbocycles. The molecule has 37 heavy (non-hydrogen) atoms. The highest BCUT2D eigenvalue weighted by atomic mass is 16.5. The lowest BCUT2D eigenvalue weighted by atomic mass is 10.1. The Bertz CT molecular complexity index is 1250. The molecule has 1 amide bonds. The van der Waals surface area contributed by atoms with Crippen LogP contribution in [0.25, 0.3) is 22.4 Å². The van der Waals surface area contributed by atoms with E-state index in [9.17, 15) is 4.79 Å². The smallest absolute Gasteiger partial charge is 0.251 e. The second-order valence-electron chi connectivity index (χ2n) is 10.3. The summed E-state index contributed by atoms with van der Waals surface area (Å²) in [6.07, 6.45) is 4.30. The van der Waals surface area contributed by atoms with Gasteiger partial charge in [0.1, 0.15) is 22.9 Å². The molecule has 1 N–H and O–H groups in total. The predicted octanol–water partition coefficient (Wildman–Crippen LogP) is 3.56. The molecular weight excluding hydrogens is 468 g/mol. The third-order valence-electron chi connectivity index (χ3n) is 7.58. The molecule has 0 bridgehead atoms. The molecule has 3 aromatic rings. The number of ether oxygens (including phenoxy) is 2. The number of fused-ring (bicyclic) bond motifs is 1. The van der Waals surface area contributed by atoms with Crippen molar-refractivity contribution in [2.24, 2.45) is 0 Å². The Kier molecular flexibility index (Phi) is 7.35. The largest absolute Gasteiger partial charge is 0.494 e. The molecule has 0 radical (unpaired) electrons. The number of nitrogens with one attached hydrogen (secondary N) is 1. The third-order valence-corrected chi connectivity index (χ3v) is 7.58. The molecule has 4 heterocycles. The minimum absolute atomic E-state index is 0.0150. The molecule has 1 aromatic carbocycles. The maximum atomic E-state index is 12.6. The number of hydrogen-bond donors (Lipinski definition) is 1. The summed E-state index contributed by atoms with van der Waals surface area (Å²) in [6, 6.07) is 8.79. The number of carbonyl (C=O) groups excluding carboxylic acids is 1. The van der Waals surface area contributed by atoms with Crippen LogP contribution in [0.2, 0.25) is 0 Å². The van der Waals surface area contributed by atoms with Crippen LogP contribution in [0.3, 0.4) is 0 Å². The van der Waals surface area contributed by atoms with E-state index < -0.39 is 0 Å². The topological polar surface area (TPSA) is 84.8 Å². The van der Waals surface area contributed by atoms with Crippen molar-refractivity contribution in [3.8, 4) is 17.1 Å². The second kappa shape index (κ2) is 10.7. The van der Waals surface area contributed by atoms with Gasteiger partial charge in [0.05, 0.1) is 31.9 Å². The van der Waals surface area contributed by atoms with Gasteiger partial charge in [0, 0.05) is 49.0 Å². The normalized spacial score (nSPS) is 22.5. The van der Waals surface area contributed by atoms with Crippen LogP contribution in [0.4, 0.5) is 5.82 Å². The lowest BCUT2D eigenvalue weighted by molar-refractivity contribution is -0.0267. The molecule has 0 spiro atoms. The van der Waals surface area contributed by atoms with Gasteiger partial charge in [-0.15, -0.1) is 0 Å². The summed E-state index contributed by atoms with van der Waals surface area (Å²) < 4.78 is 14.1. The first-order chi connectivity index (χ1) is 17.9. The zero-order valence-corrected chi connectivity index (χ0v) is 22.5. The number of anilines is 1. The molecule has 2 aliphatic rings. The molecule has 5 rings (SSSR count). The Morgan fingerprint density at radius 1 is 1.22 bits per heavy atom. The summed E-state index contributed by atoms with van der Waals surface area (Å²) in [5.41, 5.74) is 3.02. The van der Waals surface area contributed by atoms with E-state index in [4.69, 9.17) is 19.4 Å². The van der Waals surface area contributed by atoms with Crippen LogP contribution in [-0.2, 0) is 11.3 Å². The maximum absolute atomic E-state index is 12.6. The number of aromatic nitrogens is 3. The van der Waals surface area contributed by atoms with Crippen LogP contribution in [0.15, 0.2) is 30.5 Å². The third kappa shape index (κ3) is 5.02. The van der Waals surface area contributed by atoms with Crippen molar-refractivity contribution in [3.05, 3.63) is 36.0 Å². The Balaban J connectivity index is 1.59. The summed E-state index contributed by atoms with van der Waals surface area (Å²) in [5, 5.41) is 2.87. The zero-order chi connectivity index (χ0) is 26.1. The highest BCUT2D eigenvalue weighted by molar-refractivity contribution is 6.00. The highest BCUT2D eigenvalue weighted by Crippen LogP contribution is 2.34. The second-order valence-corrected chi connectivity index (χ2v) is 10.3. The van der Waals surface area contributed by atoms with Crippen LogP contribution in [0, 0.1) is 0 Å². The number of imidazole rings is 1. The fourth-order valence-corrected chi connectivity index (χ4v) is 5.68. The molecule has 9 heteroatoms. The average Bonchev–Trinajstić information content (AvgIpc) is 3.42. The highest BCUT2D eigenvalue weighted by Gasteiger charge is 2.29. The van der Waals surface area contributed by atoms with Crippen LogP contribution >= 0.6 is 0 Å². The number of rotatable bonds is 7. The van der Waals surface area contributed by atoms with Crippen molar-refractivity contribution in [3.63, 3.8) is 0 Å². The summed E-state index contributed by atoms with van der Waals surface area (Å²) >= 11 is 0. The van der Waals surface area contributed by atoms with Crippen molar-refractivity contribution in [2.45, 2.75) is 58.3 Å². The lowest BCUT2D eigenvalue weighted by Crippen LogP contribution is -2.42. The number of amides is 1. The van der Waals surface area contributed by atoms with Crippen molar-refractivity contribution in [1.29, 1.82) is 0 Å². The predicted molar refractivity (Wildman–Crippen MR) is 145 cm³/mol. The summed E-state index contributed by atoms with van der Waals surface area (Å²) in [5.74, 6) is 2.26. The van der Waals surface area contributed by atoms with Crippen molar-refractivity contribution >= 4 is 22.8 Å². The van der Waals surface area contributed by atoms with E-state index in [1.165, 1.54) is 12.8 Å². The Morgan fingerprint density at radius 2 is 2.00 bits per heavy atom. The van der Waals surface area contributed by atoms with E-state index in [2.05, 4.69) is 52.7 Å². The monoisotopic (exact) mass is 506 g/mol. The standard InChI is InChI=1S/C28H38N6O3/c1-6-29-28(35)21-13-23-26(24(14-21)36-5)33(17-22-16-32(4)11-12-37-22)27(31-23)20-9-10-25(30-15-20)34-18(2)7-8-19(34)3/h9-10,13-15,18-19,22H,6-8,11-12,16-17H2,1-5H3,(H,29,35)/t18-,19-,22-/m0/s1. The number of hydrogen-bond acceptors (Lipinski definition) is 7. The van der Waals surface area contributed by atoms with Gasteiger partial charge in [0.25, 0.3) is 5.91 Å². The van der Waals surface area contributed by atoms with Gasteiger partial charge in [-0.25, -0.2) is 9.97 Å². The van der Waals surface area contributed by atoms with Crippen LogP contribution in [0.1, 0.15) is 44.0 Å². The number of nitrogens with zero attached hydrogens (tertiary/aromatic N) is 5. The van der Waals surface area contributed by atoms with Crippen LogP contribution in [-0.4, -0.2) is 83.9 Å². The van der Waals surface area contributed by atoms with Gasteiger partial charge >= 0.3 is 0 Å². The van der Waals surface area contributed by atoms with Gasteiger partial charge < -0.3 is 29.2 Å². The van der Waals surface area contributed by atoms with Gasteiger partial charge in [-0.3, -0.25) is 4.79 Å². The summed E-state index contributed by atoms with van der Waals surface area (Å²) in [6.45, 7) is 10.1. The molecule has 2 saturated heterocycles.